The molecule has 47 heavy (non-hydrogen) atoms. The second-order valence-electron chi connectivity index (χ2n) is 10.4. The van der Waals surface area contributed by atoms with E-state index in [4.69, 9.17) is 0 Å². The molecule has 0 fully saturated rings. The summed E-state index contributed by atoms with van der Waals surface area (Å²) in [6.45, 7) is 1.43. The molecule has 0 spiro atoms. The van der Waals surface area contributed by atoms with E-state index in [-0.39, 0.29) is 23.3 Å². The molecular weight excluding hydrogens is 609 g/mol. The fourth-order valence-electron chi connectivity index (χ4n) is 4.56. The molecular formula is C38H32N4O4S. The number of carbonyl (C=O) groups is 4. The van der Waals surface area contributed by atoms with Gasteiger partial charge in [-0.15, -0.1) is 11.8 Å². The smallest absolute Gasteiger partial charge is 0.272 e. The lowest BCUT2D eigenvalue weighted by molar-refractivity contribution is -0.114. The number of thioether (sulfide) groups is 1. The van der Waals surface area contributed by atoms with Crippen LogP contribution in [0.1, 0.15) is 22.8 Å². The van der Waals surface area contributed by atoms with Gasteiger partial charge in [0.05, 0.1) is 5.75 Å². The highest BCUT2D eigenvalue weighted by atomic mass is 32.2. The maximum Gasteiger partial charge on any atom is 0.272 e. The van der Waals surface area contributed by atoms with Crippen molar-refractivity contribution in [3.05, 3.63) is 150 Å². The molecule has 4 amide bonds. The predicted octanol–water partition coefficient (Wildman–Crippen LogP) is 7.45. The van der Waals surface area contributed by atoms with E-state index in [9.17, 15) is 19.2 Å². The van der Waals surface area contributed by atoms with Crippen molar-refractivity contribution in [2.24, 2.45) is 0 Å². The van der Waals surface area contributed by atoms with E-state index in [0.29, 0.717) is 22.6 Å². The number of rotatable bonds is 11. The van der Waals surface area contributed by atoms with Gasteiger partial charge in [-0.25, -0.2) is 0 Å². The minimum Gasteiger partial charge on any atom is -0.326 e. The normalized spacial score (nSPS) is 10.9. The Morgan fingerprint density at radius 2 is 1.23 bits per heavy atom. The number of carbonyl (C=O) groups excluding carboxylic acids is 4. The fourth-order valence-corrected chi connectivity index (χ4v) is 5.31. The van der Waals surface area contributed by atoms with E-state index < -0.39 is 11.8 Å². The zero-order valence-electron chi connectivity index (χ0n) is 25.5. The Bertz CT molecular complexity index is 1890. The van der Waals surface area contributed by atoms with Crippen molar-refractivity contribution in [2.75, 3.05) is 21.7 Å². The Morgan fingerprint density at radius 1 is 0.617 bits per heavy atom. The number of anilines is 3. The van der Waals surface area contributed by atoms with Gasteiger partial charge in [0.25, 0.3) is 11.8 Å². The van der Waals surface area contributed by atoms with Gasteiger partial charge < -0.3 is 21.3 Å². The van der Waals surface area contributed by atoms with Crippen LogP contribution in [-0.2, 0) is 14.4 Å². The topological polar surface area (TPSA) is 116 Å². The Hall–Kier alpha value is -5.93. The molecule has 8 nitrogen and oxygen atoms in total. The van der Waals surface area contributed by atoms with Crippen molar-refractivity contribution in [3.63, 3.8) is 0 Å². The average Bonchev–Trinajstić information content (AvgIpc) is 3.09. The third-order valence-corrected chi connectivity index (χ3v) is 7.80. The summed E-state index contributed by atoms with van der Waals surface area (Å²) in [5.74, 6) is -1.14. The fraction of sp³-hybridized carbons (Fsp3) is 0.0526. The third kappa shape index (κ3) is 9.78. The molecule has 234 valence electrons. The first-order valence-electron chi connectivity index (χ1n) is 14.8. The summed E-state index contributed by atoms with van der Waals surface area (Å²) in [5, 5.41) is 11.2. The molecule has 0 unspecified atom stereocenters. The van der Waals surface area contributed by atoms with Crippen LogP contribution >= 0.6 is 11.8 Å². The van der Waals surface area contributed by atoms with E-state index in [2.05, 4.69) is 21.3 Å². The Morgan fingerprint density at radius 3 is 1.89 bits per heavy atom. The summed E-state index contributed by atoms with van der Waals surface area (Å²) in [4.78, 5) is 51.1. The number of hydrogen-bond donors (Lipinski definition) is 4. The standard InChI is InChI=1S/C38H32N4O4S/c1-26(43)39-31-19-21-32(22-20-31)40-36(44)25-47-34-14-8-13-33(24-34)41-38(46)35(42-37(45)30-11-6-3-7-12-30)23-27-15-17-29(18-16-27)28-9-4-2-5-10-28/h2-24H,25H2,1H3,(H,39,43)(H,40,44)(H,41,46)(H,42,45)/b35-23+. The van der Waals surface area contributed by atoms with Gasteiger partial charge in [-0.1, -0.05) is 78.9 Å². The van der Waals surface area contributed by atoms with Crippen LogP contribution in [-0.4, -0.2) is 29.4 Å². The maximum absolute atomic E-state index is 13.5. The lowest BCUT2D eigenvalue weighted by atomic mass is 10.0. The zero-order chi connectivity index (χ0) is 33.0. The highest BCUT2D eigenvalue weighted by Crippen LogP contribution is 2.24. The lowest BCUT2D eigenvalue weighted by Crippen LogP contribution is -2.30. The monoisotopic (exact) mass is 640 g/mol. The van der Waals surface area contributed by atoms with Gasteiger partial charge in [0.2, 0.25) is 11.8 Å². The van der Waals surface area contributed by atoms with Crippen molar-refractivity contribution < 1.29 is 19.2 Å². The van der Waals surface area contributed by atoms with Crippen molar-refractivity contribution in [3.8, 4) is 11.1 Å². The second-order valence-corrected chi connectivity index (χ2v) is 11.5. The first-order valence-corrected chi connectivity index (χ1v) is 15.8. The van der Waals surface area contributed by atoms with E-state index in [1.54, 1.807) is 72.8 Å². The van der Waals surface area contributed by atoms with Crippen LogP contribution in [0.3, 0.4) is 0 Å². The molecule has 5 aromatic rings. The van der Waals surface area contributed by atoms with Crippen LogP contribution in [0.5, 0.6) is 0 Å². The summed E-state index contributed by atoms with van der Waals surface area (Å²) in [6, 6.07) is 40.3. The maximum atomic E-state index is 13.5. The van der Waals surface area contributed by atoms with E-state index in [1.165, 1.54) is 18.7 Å². The quantitative estimate of drug-likeness (QED) is 0.0884. The first kappa shape index (κ1) is 32.5. The van der Waals surface area contributed by atoms with Crippen molar-refractivity contribution in [1.29, 1.82) is 0 Å². The Labute approximate surface area is 277 Å². The second kappa shape index (κ2) is 15.9. The van der Waals surface area contributed by atoms with Gasteiger partial charge in [0.15, 0.2) is 0 Å². The molecule has 5 aromatic carbocycles. The molecule has 0 bridgehead atoms. The molecule has 0 aliphatic carbocycles. The van der Waals surface area contributed by atoms with Crippen molar-refractivity contribution in [1.82, 2.24) is 5.32 Å². The minimum atomic E-state index is -0.496. The zero-order valence-corrected chi connectivity index (χ0v) is 26.3. The molecule has 5 rings (SSSR count). The molecule has 0 saturated heterocycles. The van der Waals surface area contributed by atoms with Gasteiger partial charge in [0, 0.05) is 34.4 Å². The number of nitrogens with one attached hydrogen (secondary N) is 4. The van der Waals surface area contributed by atoms with Crippen molar-refractivity contribution in [2.45, 2.75) is 11.8 Å². The molecule has 0 radical (unpaired) electrons. The molecule has 9 heteroatoms. The van der Waals surface area contributed by atoms with Crippen LogP contribution < -0.4 is 21.3 Å². The summed E-state index contributed by atoms with van der Waals surface area (Å²) < 4.78 is 0. The third-order valence-electron chi connectivity index (χ3n) is 6.81. The molecule has 0 aliphatic rings. The van der Waals surface area contributed by atoms with Gasteiger partial charge in [-0.3, -0.25) is 19.2 Å². The van der Waals surface area contributed by atoms with Crippen LogP contribution in [0.15, 0.2) is 144 Å². The van der Waals surface area contributed by atoms with E-state index in [0.717, 1.165) is 21.6 Å². The summed E-state index contributed by atoms with van der Waals surface area (Å²) in [6.07, 6.45) is 1.64. The highest BCUT2D eigenvalue weighted by molar-refractivity contribution is 8.00. The van der Waals surface area contributed by atoms with Gasteiger partial charge in [0.1, 0.15) is 5.70 Å². The van der Waals surface area contributed by atoms with Crippen molar-refractivity contribution >= 4 is 58.5 Å². The average molecular weight is 641 g/mol. The molecule has 4 N–H and O–H groups in total. The minimum absolute atomic E-state index is 0.0771. The Balaban J connectivity index is 1.26. The molecule has 0 heterocycles. The molecule has 0 saturated carbocycles. The van der Waals surface area contributed by atoms with Crippen LogP contribution in [0.25, 0.3) is 17.2 Å². The number of benzene rings is 5. The predicted molar refractivity (Wildman–Crippen MR) is 189 cm³/mol. The molecule has 0 aliphatic heterocycles. The molecule has 0 aromatic heterocycles. The van der Waals surface area contributed by atoms with Gasteiger partial charge in [-0.2, -0.15) is 0 Å². The van der Waals surface area contributed by atoms with E-state index in [1.807, 2.05) is 66.7 Å². The first-order chi connectivity index (χ1) is 22.8. The van der Waals surface area contributed by atoms with Crippen LogP contribution in [0, 0.1) is 0 Å². The largest absolute Gasteiger partial charge is 0.326 e. The molecule has 0 atom stereocenters. The Kier molecular flexibility index (Phi) is 11.0. The summed E-state index contributed by atoms with van der Waals surface area (Å²) in [7, 11) is 0. The van der Waals surface area contributed by atoms with Crippen LogP contribution in [0.4, 0.5) is 17.1 Å². The van der Waals surface area contributed by atoms with E-state index >= 15 is 0 Å². The number of amides is 4. The summed E-state index contributed by atoms with van der Waals surface area (Å²) in [5.41, 5.74) is 5.10. The number of hydrogen-bond acceptors (Lipinski definition) is 5. The van der Waals surface area contributed by atoms with Gasteiger partial charge in [-0.05, 0) is 77.4 Å². The SMILES string of the molecule is CC(=O)Nc1ccc(NC(=O)CSc2cccc(NC(=O)/C(=C\c3ccc(-c4ccccc4)cc3)NC(=O)c3ccccc3)c2)cc1. The van der Waals surface area contributed by atoms with Gasteiger partial charge >= 0.3 is 0 Å². The van der Waals surface area contributed by atoms with Crippen LogP contribution in [0.2, 0.25) is 0 Å². The lowest BCUT2D eigenvalue weighted by Gasteiger charge is -2.12. The summed E-state index contributed by atoms with van der Waals surface area (Å²) >= 11 is 1.31. The highest BCUT2D eigenvalue weighted by Gasteiger charge is 2.16.